The van der Waals surface area contributed by atoms with Crippen molar-refractivity contribution in [3.8, 4) is 0 Å². The minimum absolute atomic E-state index is 0.00731. The zero-order valence-corrected chi connectivity index (χ0v) is 18.1. The van der Waals surface area contributed by atoms with Gasteiger partial charge in [0.25, 0.3) is 0 Å². The fourth-order valence-corrected chi connectivity index (χ4v) is 3.54. The molecule has 2 heterocycles. The maximum Gasteiger partial charge on any atom is 0.409 e. The van der Waals surface area contributed by atoms with Crippen LogP contribution in [0.25, 0.3) is 0 Å². The van der Waals surface area contributed by atoms with E-state index in [0.717, 1.165) is 50.8 Å². The monoisotopic (exact) mass is 418 g/mol. The van der Waals surface area contributed by atoms with Gasteiger partial charge in [-0.3, -0.25) is 9.69 Å². The summed E-state index contributed by atoms with van der Waals surface area (Å²) in [5.41, 5.74) is 1.97. The summed E-state index contributed by atoms with van der Waals surface area (Å²) >= 11 is 0. The van der Waals surface area contributed by atoms with Crippen molar-refractivity contribution in [3.63, 3.8) is 0 Å². The molecule has 0 aromatic heterocycles. The molecule has 2 aliphatic rings. The fourth-order valence-electron chi connectivity index (χ4n) is 3.54. The van der Waals surface area contributed by atoms with Crippen molar-refractivity contribution in [2.75, 3.05) is 75.9 Å². The zero-order valence-electron chi connectivity index (χ0n) is 18.1. The summed E-state index contributed by atoms with van der Waals surface area (Å²) in [5.74, 6) is 0.345. The Bertz CT molecular complexity index is 681. The van der Waals surface area contributed by atoms with E-state index < -0.39 is 0 Å². The fraction of sp³-hybridized carbons (Fsp3) is 0.636. The van der Waals surface area contributed by atoms with Crippen molar-refractivity contribution >= 4 is 23.4 Å². The predicted octanol–water partition coefficient (Wildman–Crippen LogP) is 2.26. The highest BCUT2D eigenvalue weighted by Gasteiger charge is 2.22. The van der Waals surface area contributed by atoms with Gasteiger partial charge in [-0.25, -0.2) is 4.79 Å². The maximum absolute atomic E-state index is 12.3. The highest BCUT2D eigenvalue weighted by atomic mass is 16.6. The van der Waals surface area contributed by atoms with Crippen molar-refractivity contribution in [3.05, 3.63) is 24.3 Å². The molecule has 0 bridgehead atoms. The lowest BCUT2D eigenvalue weighted by Crippen LogP contribution is -2.49. The molecule has 2 fully saturated rings. The van der Waals surface area contributed by atoms with Gasteiger partial charge in [-0.15, -0.1) is 0 Å². The van der Waals surface area contributed by atoms with Crippen molar-refractivity contribution in [1.29, 1.82) is 0 Å². The van der Waals surface area contributed by atoms with E-state index in [-0.39, 0.29) is 12.0 Å². The van der Waals surface area contributed by atoms with E-state index in [9.17, 15) is 9.59 Å². The van der Waals surface area contributed by atoms with E-state index in [1.165, 1.54) is 0 Å². The first-order valence-electron chi connectivity index (χ1n) is 10.9. The first kappa shape index (κ1) is 22.4. The minimum Gasteiger partial charge on any atom is -0.449 e. The smallest absolute Gasteiger partial charge is 0.409 e. The quantitative estimate of drug-likeness (QED) is 0.732. The van der Waals surface area contributed by atoms with Crippen LogP contribution < -0.4 is 10.2 Å². The van der Waals surface area contributed by atoms with Crippen LogP contribution in [0.5, 0.6) is 0 Å². The molecule has 0 aliphatic carbocycles. The molecule has 8 heteroatoms. The Morgan fingerprint density at radius 1 is 1.03 bits per heavy atom. The first-order chi connectivity index (χ1) is 14.5. The highest BCUT2D eigenvalue weighted by Crippen LogP contribution is 2.19. The van der Waals surface area contributed by atoms with Gasteiger partial charge in [0.2, 0.25) is 5.91 Å². The molecule has 3 rings (SSSR count). The topological polar surface area (TPSA) is 74.4 Å². The van der Waals surface area contributed by atoms with E-state index >= 15 is 0 Å². The van der Waals surface area contributed by atoms with Crippen LogP contribution >= 0.6 is 0 Å². The normalized spacial score (nSPS) is 17.8. The molecule has 166 valence electrons. The maximum atomic E-state index is 12.3. The standard InChI is InChI=1S/C22H34N4O4/c1-18(2)17-30-22(28)26-11-9-24(10-12-26)8-7-21(27)23-19-3-5-20(6-4-19)25-13-15-29-16-14-25/h3-6,18H,7-17H2,1-2H3,(H,23,27). The van der Waals surface area contributed by atoms with Crippen LogP contribution in [0, 0.1) is 5.92 Å². The molecule has 0 saturated carbocycles. The van der Waals surface area contributed by atoms with Crippen LogP contribution in [-0.2, 0) is 14.3 Å². The number of morpholine rings is 1. The van der Waals surface area contributed by atoms with Gasteiger partial charge in [-0.05, 0) is 30.2 Å². The number of piperazine rings is 1. The average molecular weight is 419 g/mol. The predicted molar refractivity (Wildman–Crippen MR) is 117 cm³/mol. The zero-order chi connectivity index (χ0) is 21.3. The molecule has 30 heavy (non-hydrogen) atoms. The number of benzene rings is 1. The van der Waals surface area contributed by atoms with Gasteiger partial charge in [-0.2, -0.15) is 0 Å². The van der Waals surface area contributed by atoms with Crippen molar-refractivity contribution in [1.82, 2.24) is 9.80 Å². The molecule has 2 saturated heterocycles. The molecule has 1 N–H and O–H groups in total. The number of amides is 2. The second kappa shape index (κ2) is 11.2. The van der Waals surface area contributed by atoms with E-state index in [1.807, 2.05) is 38.1 Å². The average Bonchev–Trinajstić information content (AvgIpc) is 2.77. The van der Waals surface area contributed by atoms with E-state index in [0.29, 0.717) is 38.6 Å². The number of carbonyl (C=O) groups excluding carboxylic acids is 2. The Labute approximate surface area is 179 Å². The largest absolute Gasteiger partial charge is 0.449 e. The van der Waals surface area contributed by atoms with Gasteiger partial charge in [0.1, 0.15) is 0 Å². The molecule has 1 aromatic carbocycles. The second-order valence-electron chi connectivity index (χ2n) is 8.24. The summed E-state index contributed by atoms with van der Waals surface area (Å²) in [6.45, 7) is 11.3. The first-order valence-corrected chi connectivity index (χ1v) is 10.9. The Kier molecular flexibility index (Phi) is 8.33. The van der Waals surface area contributed by atoms with Crippen LogP contribution in [0.4, 0.5) is 16.2 Å². The number of nitrogens with one attached hydrogen (secondary N) is 1. The third kappa shape index (κ3) is 6.88. The lowest BCUT2D eigenvalue weighted by molar-refractivity contribution is -0.116. The third-order valence-corrected chi connectivity index (χ3v) is 5.35. The summed E-state index contributed by atoms with van der Waals surface area (Å²) in [6, 6.07) is 7.98. The molecule has 2 amide bonds. The SMILES string of the molecule is CC(C)COC(=O)N1CCN(CCC(=O)Nc2ccc(N3CCOCC3)cc2)CC1. The molecule has 0 radical (unpaired) electrons. The number of rotatable bonds is 7. The molecule has 8 nitrogen and oxygen atoms in total. The summed E-state index contributed by atoms with van der Waals surface area (Å²) in [6.07, 6.45) is 0.199. The lowest BCUT2D eigenvalue weighted by Gasteiger charge is -2.34. The molecular weight excluding hydrogens is 384 g/mol. The van der Waals surface area contributed by atoms with Crippen LogP contribution in [0.1, 0.15) is 20.3 Å². The number of hydrogen-bond donors (Lipinski definition) is 1. The molecule has 1 aromatic rings. The highest BCUT2D eigenvalue weighted by molar-refractivity contribution is 5.91. The lowest BCUT2D eigenvalue weighted by atomic mass is 10.2. The van der Waals surface area contributed by atoms with Crippen LogP contribution in [0.3, 0.4) is 0 Å². The van der Waals surface area contributed by atoms with Gasteiger partial charge in [-0.1, -0.05) is 13.8 Å². The van der Waals surface area contributed by atoms with Crippen LogP contribution in [0.15, 0.2) is 24.3 Å². The van der Waals surface area contributed by atoms with Gasteiger partial charge < -0.3 is 24.6 Å². The molecule has 0 spiro atoms. The number of hydrogen-bond acceptors (Lipinski definition) is 6. The van der Waals surface area contributed by atoms with E-state index in [1.54, 1.807) is 4.90 Å². The van der Waals surface area contributed by atoms with E-state index in [2.05, 4.69) is 15.1 Å². The summed E-state index contributed by atoms with van der Waals surface area (Å²) < 4.78 is 10.7. The van der Waals surface area contributed by atoms with Crippen LogP contribution in [0.2, 0.25) is 0 Å². The Balaban J connectivity index is 1.34. The summed E-state index contributed by atoms with van der Waals surface area (Å²) in [4.78, 5) is 30.6. The molecular formula is C22H34N4O4. The van der Waals surface area contributed by atoms with E-state index in [4.69, 9.17) is 9.47 Å². The van der Waals surface area contributed by atoms with Gasteiger partial charge in [0, 0.05) is 63.6 Å². The van der Waals surface area contributed by atoms with Crippen molar-refractivity contribution in [2.24, 2.45) is 5.92 Å². The summed E-state index contributed by atoms with van der Waals surface area (Å²) in [7, 11) is 0. The second-order valence-corrected chi connectivity index (χ2v) is 8.24. The molecule has 0 unspecified atom stereocenters. The van der Waals surface area contributed by atoms with Gasteiger partial charge in [0.05, 0.1) is 19.8 Å². The number of carbonyl (C=O) groups is 2. The Hall–Kier alpha value is -2.32. The Morgan fingerprint density at radius 2 is 1.70 bits per heavy atom. The molecule has 0 atom stereocenters. The molecule has 2 aliphatic heterocycles. The van der Waals surface area contributed by atoms with Crippen LogP contribution in [-0.4, -0.2) is 87.4 Å². The van der Waals surface area contributed by atoms with Gasteiger partial charge >= 0.3 is 6.09 Å². The van der Waals surface area contributed by atoms with Gasteiger partial charge in [0.15, 0.2) is 0 Å². The van der Waals surface area contributed by atoms with Crippen molar-refractivity contribution < 1.29 is 19.1 Å². The minimum atomic E-state index is -0.235. The number of anilines is 2. The third-order valence-electron chi connectivity index (χ3n) is 5.35. The number of ether oxygens (including phenoxy) is 2. The summed E-state index contributed by atoms with van der Waals surface area (Å²) in [5, 5.41) is 2.97. The Morgan fingerprint density at radius 3 is 2.33 bits per heavy atom. The number of nitrogens with zero attached hydrogens (tertiary/aromatic N) is 3. The van der Waals surface area contributed by atoms with Crippen molar-refractivity contribution in [2.45, 2.75) is 20.3 Å².